The van der Waals surface area contributed by atoms with Gasteiger partial charge in [-0.25, -0.2) is 0 Å². The van der Waals surface area contributed by atoms with Gasteiger partial charge < -0.3 is 10.4 Å². The molecule has 2 rings (SSSR count). The molecule has 4 heteroatoms. The Balaban J connectivity index is 1.92. The molecule has 1 saturated carbocycles. The number of hydrogen-bond donors (Lipinski definition) is 3. The Hall–Kier alpha value is -1.00. The number of aryl methyl sites for hydroxylation is 1. The van der Waals surface area contributed by atoms with E-state index in [2.05, 4.69) is 17.9 Å². The molecule has 0 spiro atoms. The molecule has 0 bridgehead atoms. The molecular weight excluding hydrogens is 234 g/mol. The first-order valence-electron chi connectivity index (χ1n) is 5.82. The lowest BCUT2D eigenvalue weighted by Gasteiger charge is -2.31. The van der Waals surface area contributed by atoms with Crippen molar-refractivity contribution in [2.45, 2.75) is 30.8 Å². The molecule has 1 aromatic carbocycles. The van der Waals surface area contributed by atoms with Gasteiger partial charge in [0.1, 0.15) is 0 Å². The average molecular weight is 251 g/mol. The van der Waals surface area contributed by atoms with Crippen LogP contribution in [0.5, 0.6) is 0 Å². The Labute approximate surface area is 107 Å². The van der Waals surface area contributed by atoms with Crippen molar-refractivity contribution in [1.82, 2.24) is 5.32 Å². The van der Waals surface area contributed by atoms with Crippen molar-refractivity contribution < 1.29 is 9.90 Å². The van der Waals surface area contributed by atoms with Crippen LogP contribution < -0.4 is 5.32 Å². The van der Waals surface area contributed by atoms with Crippen molar-refractivity contribution in [2.75, 3.05) is 6.54 Å². The molecule has 0 unspecified atom stereocenters. The first-order valence-corrected chi connectivity index (χ1v) is 6.27. The van der Waals surface area contributed by atoms with E-state index in [0.29, 0.717) is 18.0 Å². The van der Waals surface area contributed by atoms with Gasteiger partial charge in [0.15, 0.2) is 0 Å². The predicted molar refractivity (Wildman–Crippen MR) is 69.5 cm³/mol. The molecule has 0 aliphatic heterocycles. The van der Waals surface area contributed by atoms with Gasteiger partial charge in [0.25, 0.3) is 5.91 Å². The minimum Gasteiger partial charge on any atom is -0.393 e. The van der Waals surface area contributed by atoms with Crippen molar-refractivity contribution in [3.05, 3.63) is 29.3 Å². The van der Waals surface area contributed by atoms with Crippen LogP contribution in [-0.2, 0) is 0 Å². The summed E-state index contributed by atoms with van der Waals surface area (Å²) in [5, 5.41) is 12.1. The summed E-state index contributed by atoms with van der Waals surface area (Å²) in [5.74, 6) is 0.369. The molecule has 1 aromatic rings. The van der Waals surface area contributed by atoms with E-state index in [1.165, 1.54) is 0 Å². The van der Waals surface area contributed by atoms with Crippen LogP contribution in [-0.4, -0.2) is 23.7 Å². The van der Waals surface area contributed by atoms with Crippen molar-refractivity contribution in [2.24, 2.45) is 5.92 Å². The van der Waals surface area contributed by atoms with Gasteiger partial charge in [-0.05, 0) is 43.4 Å². The van der Waals surface area contributed by atoms with E-state index in [1.807, 2.05) is 19.1 Å². The van der Waals surface area contributed by atoms with E-state index >= 15 is 0 Å². The number of nitrogens with one attached hydrogen (secondary N) is 1. The number of hydrogen-bond acceptors (Lipinski definition) is 3. The van der Waals surface area contributed by atoms with Gasteiger partial charge in [-0.3, -0.25) is 4.79 Å². The maximum absolute atomic E-state index is 11.9. The number of benzene rings is 1. The van der Waals surface area contributed by atoms with Gasteiger partial charge >= 0.3 is 0 Å². The first-order chi connectivity index (χ1) is 8.06. The van der Waals surface area contributed by atoms with Crippen molar-refractivity contribution in [3.8, 4) is 0 Å². The van der Waals surface area contributed by atoms with Crippen molar-refractivity contribution in [3.63, 3.8) is 0 Å². The van der Waals surface area contributed by atoms with Crippen LogP contribution in [0.3, 0.4) is 0 Å². The number of thiol groups is 1. The second-order valence-electron chi connectivity index (χ2n) is 4.70. The van der Waals surface area contributed by atoms with Gasteiger partial charge in [0.2, 0.25) is 0 Å². The molecule has 0 heterocycles. The van der Waals surface area contributed by atoms with E-state index in [0.717, 1.165) is 23.3 Å². The largest absolute Gasteiger partial charge is 0.393 e. The highest BCUT2D eigenvalue weighted by Crippen LogP contribution is 2.26. The maximum atomic E-state index is 11.9. The SMILES string of the molecule is Cc1ccc(S)cc1C(=O)NCC1CC(O)C1. The van der Waals surface area contributed by atoms with Crippen molar-refractivity contribution in [1.29, 1.82) is 0 Å². The molecule has 0 saturated heterocycles. The van der Waals surface area contributed by atoms with Gasteiger partial charge in [0.05, 0.1) is 6.10 Å². The third kappa shape index (κ3) is 3.01. The molecule has 1 amide bonds. The minimum absolute atomic E-state index is 0.0558. The summed E-state index contributed by atoms with van der Waals surface area (Å²) in [4.78, 5) is 12.7. The molecular formula is C13H17NO2S. The lowest BCUT2D eigenvalue weighted by molar-refractivity contribution is 0.0420. The molecule has 2 N–H and O–H groups in total. The summed E-state index contributed by atoms with van der Waals surface area (Å²) in [6, 6.07) is 5.55. The van der Waals surface area contributed by atoms with E-state index in [9.17, 15) is 4.79 Å². The zero-order valence-electron chi connectivity index (χ0n) is 9.81. The predicted octanol–water partition coefficient (Wildman–Crippen LogP) is 1.78. The van der Waals surface area contributed by atoms with Crippen LogP contribution in [0, 0.1) is 12.8 Å². The Morgan fingerprint density at radius 2 is 2.24 bits per heavy atom. The Kier molecular flexibility index (Phi) is 3.74. The second-order valence-corrected chi connectivity index (χ2v) is 5.22. The third-order valence-corrected chi connectivity index (χ3v) is 3.51. The fraction of sp³-hybridized carbons (Fsp3) is 0.462. The fourth-order valence-electron chi connectivity index (χ4n) is 2.05. The quantitative estimate of drug-likeness (QED) is 0.717. The summed E-state index contributed by atoms with van der Waals surface area (Å²) in [7, 11) is 0. The van der Waals surface area contributed by atoms with E-state index in [1.54, 1.807) is 6.07 Å². The second kappa shape index (κ2) is 5.10. The number of carbonyl (C=O) groups is 1. The zero-order chi connectivity index (χ0) is 12.4. The van der Waals surface area contributed by atoms with Crippen LogP contribution in [0.2, 0.25) is 0 Å². The first kappa shape index (κ1) is 12.5. The summed E-state index contributed by atoms with van der Waals surface area (Å²) in [5.41, 5.74) is 1.63. The number of rotatable bonds is 3. The van der Waals surface area contributed by atoms with E-state index in [-0.39, 0.29) is 12.0 Å². The molecule has 0 atom stereocenters. The Morgan fingerprint density at radius 1 is 1.53 bits per heavy atom. The fourth-order valence-corrected chi connectivity index (χ4v) is 2.26. The third-order valence-electron chi connectivity index (χ3n) is 3.23. The molecule has 3 nitrogen and oxygen atoms in total. The van der Waals surface area contributed by atoms with Crippen LogP contribution in [0.15, 0.2) is 23.1 Å². The monoisotopic (exact) mass is 251 g/mol. The summed E-state index contributed by atoms with van der Waals surface area (Å²) in [6.45, 7) is 2.56. The molecule has 92 valence electrons. The summed E-state index contributed by atoms with van der Waals surface area (Å²) < 4.78 is 0. The van der Waals surface area contributed by atoms with Gasteiger partial charge in [0, 0.05) is 17.0 Å². The highest BCUT2D eigenvalue weighted by molar-refractivity contribution is 7.80. The number of carbonyl (C=O) groups excluding carboxylic acids is 1. The standard InChI is InChI=1S/C13H17NO2S/c1-8-2-3-11(17)6-12(8)13(16)14-7-9-4-10(15)5-9/h2-3,6,9-10,15,17H,4-5,7H2,1H3,(H,14,16). The smallest absolute Gasteiger partial charge is 0.251 e. The molecule has 0 aromatic heterocycles. The van der Waals surface area contributed by atoms with E-state index < -0.39 is 0 Å². The lowest BCUT2D eigenvalue weighted by Crippen LogP contribution is -2.38. The molecule has 1 aliphatic carbocycles. The minimum atomic E-state index is -0.167. The molecule has 0 radical (unpaired) electrons. The van der Waals surface area contributed by atoms with Gasteiger partial charge in [-0.15, -0.1) is 12.6 Å². The van der Waals surface area contributed by atoms with Gasteiger partial charge in [-0.2, -0.15) is 0 Å². The number of aliphatic hydroxyl groups excluding tert-OH is 1. The topological polar surface area (TPSA) is 49.3 Å². The summed E-state index contributed by atoms with van der Waals surface area (Å²) >= 11 is 4.23. The average Bonchev–Trinajstić information content (AvgIpc) is 2.26. The number of amides is 1. The Morgan fingerprint density at radius 3 is 2.88 bits per heavy atom. The summed E-state index contributed by atoms with van der Waals surface area (Å²) in [6.07, 6.45) is 1.43. The lowest BCUT2D eigenvalue weighted by atomic mass is 9.82. The van der Waals surface area contributed by atoms with Crippen LogP contribution in [0.4, 0.5) is 0 Å². The normalized spacial score (nSPS) is 23.0. The van der Waals surface area contributed by atoms with Crippen LogP contribution in [0.25, 0.3) is 0 Å². The Bertz CT molecular complexity index is 427. The zero-order valence-corrected chi connectivity index (χ0v) is 10.7. The highest BCUT2D eigenvalue weighted by atomic mass is 32.1. The molecule has 17 heavy (non-hydrogen) atoms. The highest BCUT2D eigenvalue weighted by Gasteiger charge is 2.27. The van der Waals surface area contributed by atoms with Crippen molar-refractivity contribution >= 4 is 18.5 Å². The van der Waals surface area contributed by atoms with Gasteiger partial charge in [-0.1, -0.05) is 6.07 Å². The number of aliphatic hydroxyl groups is 1. The maximum Gasteiger partial charge on any atom is 0.251 e. The van der Waals surface area contributed by atoms with Crippen LogP contribution >= 0.6 is 12.6 Å². The van der Waals surface area contributed by atoms with Crippen LogP contribution in [0.1, 0.15) is 28.8 Å². The molecule has 1 fully saturated rings. The molecule has 1 aliphatic rings. The van der Waals surface area contributed by atoms with E-state index in [4.69, 9.17) is 5.11 Å².